The van der Waals surface area contributed by atoms with Crippen molar-refractivity contribution < 1.29 is 9.59 Å². The third-order valence-electron chi connectivity index (χ3n) is 3.45. The molecule has 0 unspecified atom stereocenters. The molecule has 5 nitrogen and oxygen atoms in total. The van der Waals surface area contributed by atoms with Gasteiger partial charge < -0.3 is 16.4 Å². The summed E-state index contributed by atoms with van der Waals surface area (Å²) in [6, 6.07) is -0.939. The Morgan fingerprint density at radius 1 is 1.11 bits per heavy atom. The number of nitrogens with two attached hydrogens (primary N) is 1. The summed E-state index contributed by atoms with van der Waals surface area (Å²) in [5.74, 6) is -0.0843. The Hall–Kier alpha value is -1.26. The molecule has 0 aromatic carbocycles. The van der Waals surface area contributed by atoms with Gasteiger partial charge in [0.05, 0.1) is 0 Å². The number of hydrogen-bond donors (Lipinski definition) is 3. The van der Waals surface area contributed by atoms with E-state index in [1.807, 2.05) is 13.8 Å². The molecule has 18 heavy (non-hydrogen) atoms. The summed E-state index contributed by atoms with van der Waals surface area (Å²) in [7, 11) is 0. The summed E-state index contributed by atoms with van der Waals surface area (Å²) in [6.45, 7) is 3.79. The van der Waals surface area contributed by atoms with E-state index >= 15 is 0 Å². The van der Waals surface area contributed by atoms with Crippen molar-refractivity contribution in [2.45, 2.75) is 64.5 Å². The molecular formula is C13H25N3O2. The van der Waals surface area contributed by atoms with E-state index in [1.54, 1.807) is 0 Å². The predicted molar refractivity (Wildman–Crippen MR) is 71.0 cm³/mol. The molecule has 1 aliphatic carbocycles. The number of carbonyl (C=O) groups excluding carboxylic acids is 2. The van der Waals surface area contributed by atoms with Gasteiger partial charge in [-0.2, -0.15) is 0 Å². The van der Waals surface area contributed by atoms with Crippen LogP contribution in [0.15, 0.2) is 0 Å². The lowest BCUT2D eigenvalue weighted by molar-refractivity contribution is -0.124. The van der Waals surface area contributed by atoms with Crippen LogP contribution in [0, 0.1) is 5.92 Å². The van der Waals surface area contributed by atoms with Gasteiger partial charge in [-0.15, -0.1) is 0 Å². The minimum Gasteiger partial charge on any atom is -0.352 e. The van der Waals surface area contributed by atoms with Gasteiger partial charge in [0.25, 0.3) is 0 Å². The van der Waals surface area contributed by atoms with Gasteiger partial charge in [-0.1, -0.05) is 39.5 Å². The summed E-state index contributed by atoms with van der Waals surface area (Å²) in [4.78, 5) is 23.0. The molecule has 104 valence electrons. The summed E-state index contributed by atoms with van der Waals surface area (Å²) < 4.78 is 0. The van der Waals surface area contributed by atoms with Crippen LogP contribution in [0.2, 0.25) is 0 Å². The summed E-state index contributed by atoms with van der Waals surface area (Å²) in [6.07, 6.45) is 6.90. The molecule has 1 aliphatic rings. The summed E-state index contributed by atoms with van der Waals surface area (Å²) >= 11 is 0. The highest BCUT2D eigenvalue weighted by Crippen LogP contribution is 2.17. The molecule has 4 N–H and O–H groups in total. The van der Waals surface area contributed by atoms with Gasteiger partial charge in [0.2, 0.25) is 5.91 Å². The molecule has 0 saturated heterocycles. The Labute approximate surface area is 109 Å². The second kappa shape index (κ2) is 7.24. The van der Waals surface area contributed by atoms with Crippen molar-refractivity contribution in [3.05, 3.63) is 0 Å². The number of carbonyl (C=O) groups is 2. The minimum absolute atomic E-state index is 0.0308. The van der Waals surface area contributed by atoms with Gasteiger partial charge in [0.15, 0.2) is 0 Å². The molecule has 3 amide bonds. The second-order valence-electron chi connectivity index (χ2n) is 5.43. The molecule has 1 saturated carbocycles. The number of rotatable bonds is 4. The third kappa shape index (κ3) is 4.94. The Bertz CT molecular complexity index is 284. The fourth-order valence-corrected chi connectivity index (χ4v) is 2.40. The van der Waals surface area contributed by atoms with Crippen LogP contribution >= 0.6 is 0 Å². The van der Waals surface area contributed by atoms with E-state index in [1.165, 1.54) is 25.7 Å². The van der Waals surface area contributed by atoms with Crippen LogP contribution in [0.25, 0.3) is 0 Å². The number of urea groups is 1. The van der Waals surface area contributed by atoms with Crippen molar-refractivity contribution in [2.24, 2.45) is 11.7 Å². The van der Waals surface area contributed by atoms with Gasteiger partial charge in [-0.25, -0.2) is 4.79 Å². The molecule has 0 bridgehead atoms. The molecule has 0 aliphatic heterocycles. The topological polar surface area (TPSA) is 84.2 Å². The SMILES string of the molecule is CC(C)[C@H](NC(N)=O)C(=O)NC1CCCCCC1. The molecule has 1 fully saturated rings. The van der Waals surface area contributed by atoms with Crippen molar-refractivity contribution in [1.29, 1.82) is 0 Å². The smallest absolute Gasteiger partial charge is 0.312 e. The molecule has 0 radical (unpaired) electrons. The normalized spacial score (nSPS) is 19.1. The van der Waals surface area contributed by atoms with Crippen LogP contribution in [-0.2, 0) is 4.79 Å². The van der Waals surface area contributed by atoms with E-state index in [4.69, 9.17) is 5.73 Å². The summed E-state index contributed by atoms with van der Waals surface area (Å²) in [5, 5.41) is 5.55. The first kappa shape index (κ1) is 14.8. The summed E-state index contributed by atoms with van der Waals surface area (Å²) in [5.41, 5.74) is 5.10. The first-order chi connectivity index (χ1) is 8.50. The van der Waals surface area contributed by atoms with Crippen LogP contribution in [0.3, 0.4) is 0 Å². The Morgan fingerprint density at radius 2 is 1.67 bits per heavy atom. The third-order valence-corrected chi connectivity index (χ3v) is 3.45. The predicted octanol–water partition coefficient (Wildman–Crippen LogP) is 1.52. The maximum atomic E-state index is 12.1. The van der Waals surface area contributed by atoms with Crippen LogP contribution in [0.4, 0.5) is 4.79 Å². The van der Waals surface area contributed by atoms with Gasteiger partial charge in [-0.3, -0.25) is 4.79 Å². The van der Waals surface area contributed by atoms with Gasteiger partial charge in [0, 0.05) is 6.04 Å². The van der Waals surface area contributed by atoms with Gasteiger partial charge in [-0.05, 0) is 18.8 Å². The number of amides is 3. The van der Waals surface area contributed by atoms with E-state index in [2.05, 4.69) is 10.6 Å². The first-order valence-corrected chi connectivity index (χ1v) is 6.87. The van der Waals surface area contributed by atoms with Crippen molar-refractivity contribution in [1.82, 2.24) is 10.6 Å². The zero-order valence-electron chi connectivity index (χ0n) is 11.4. The van der Waals surface area contributed by atoms with Gasteiger partial charge in [0.1, 0.15) is 6.04 Å². The Morgan fingerprint density at radius 3 is 2.11 bits per heavy atom. The Kier molecular flexibility index (Phi) is 5.95. The highest BCUT2D eigenvalue weighted by atomic mass is 16.2. The molecule has 5 heteroatoms. The van der Waals surface area contributed by atoms with Crippen LogP contribution in [0.1, 0.15) is 52.4 Å². The monoisotopic (exact) mass is 255 g/mol. The van der Waals surface area contributed by atoms with Crippen molar-refractivity contribution in [3.8, 4) is 0 Å². The fraction of sp³-hybridized carbons (Fsp3) is 0.846. The molecular weight excluding hydrogens is 230 g/mol. The van der Waals surface area contributed by atoms with Crippen LogP contribution in [-0.4, -0.2) is 24.0 Å². The first-order valence-electron chi connectivity index (χ1n) is 6.87. The molecule has 1 rings (SSSR count). The average Bonchev–Trinajstić information content (AvgIpc) is 2.53. The van der Waals surface area contributed by atoms with E-state index in [9.17, 15) is 9.59 Å². The number of nitrogens with one attached hydrogen (secondary N) is 2. The maximum absolute atomic E-state index is 12.1. The number of primary amides is 1. The van der Waals surface area contributed by atoms with Crippen molar-refractivity contribution in [3.63, 3.8) is 0 Å². The van der Waals surface area contributed by atoms with Crippen LogP contribution in [0.5, 0.6) is 0 Å². The van der Waals surface area contributed by atoms with Crippen molar-refractivity contribution >= 4 is 11.9 Å². The molecule has 0 aromatic heterocycles. The minimum atomic E-state index is -0.648. The van der Waals surface area contributed by atoms with E-state index in [0.717, 1.165) is 12.8 Å². The maximum Gasteiger partial charge on any atom is 0.312 e. The standard InChI is InChI=1S/C13H25N3O2/c1-9(2)11(16-13(14)18)12(17)15-10-7-5-3-4-6-8-10/h9-11H,3-8H2,1-2H3,(H,15,17)(H3,14,16,18)/t11-/m0/s1. The second-order valence-corrected chi connectivity index (χ2v) is 5.43. The number of hydrogen-bond acceptors (Lipinski definition) is 2. The quantitative estimate of drug-likeness (QED) is 0.665. The van der Waals surface area contributed by atoms with Crippen molar-refractivity contribution in [2.75, 3.05) is 0 Å². The zero-order valence-corrected chi connectivity index (χ0v) is 11.4. The lowest BCUT2D eigenvalue weighted by Gasteiger charge is -2.24. The molecule has 0 heterocycles. The van der Waals surface area contributed by atoms with Gasteiger partial charge >= 0.3 is 6.03 Å². The largest absolute Gasteiger partial charge is 0.352 e. The molecule has 0 spiro atoms. The van der Waals surface area contributed by atoms with E-state index in [0.29, 0.717) is 0 Å². The Balaban J connectivity index is 2.51. The van der Waals surface area contributed by atoms with E-state index < -0.39 is 12.1 Å². The highest BCUT2D eigenvalue weighted by Gasteiger charge is 2.25. The lowest BCUT2D eigenvalue weighted by Crippen LogP contribution is -2.53. The molecule has 0 aromatic rings. The molecule has 1 atom stereocenters. The average molecular weight is 255 g/mol. The highest BCUT2D eigenvalue weighted by molar-refractivity contribution is 5.86. The van der Waals surface area contributed by atoms with E-state index in [-0.39, 0.29) is 17.9 Å². The lowest BCUT2D eigenvalue weighted by atomic mass is 10.0. The van der Waals surface area contributed by atoms with Crippen LogP contribution < -0.4 is 16.4 Å². The zero-order chi connectivity index (χ0) is 13.5. The fourth-order valence-electron chi connectivity index (χ4n) is 2.40.